The number of benzene rings is 1. The van der Waals surface area contributed by atoms with Gasteiger partial charge in [0.1, 0.15) is 5.76 Å². The van der Waals surface area contributed by atoms with Gasteiger partial charge in [0, 0.05) is 18.7 Å². The second-order valence-corrected chi connectivity index (χ2v) is 4.29. The van der Waals surface area contributed by atoms with E-state index in [2.05, 4.69) is 5.32 Å². The minimum Gasteiger partial charge on any atom is -0.493 e. The zero-order valence-corrected chi connectivity index (χ0v) is 11.5. The monoisotopic (exact) mass is 261 g/mol. The van der Waals surface area contributed by atoms with Crippen LogP contribution in [-0.4, -0.2) is 14.2 Å². The van der Waals surface area contributed by atoms with Crippen molar-refractivity contribution >= 4 is 0 Å². The van der Waals surface area contributed by atoms with E-state index in [9.17, 15) is 0 Å². The van der Waals surface area contributed by atoms with Crippen LogP contribution in [0.4, 0.5) is 0 Å². The summed E-state index contributed by atoms with van der Waals surface area (Å²) in [5.41, 5.74) is 2.33. The number of methoxy groups -OCH3 is 2. The van der Waals surface area contributed by atoms with Crippen LogP contribution < -0.4 is 14.8 Å². The first-order chi connectivity index (χ1) is 9.24. The van der Waals surface area contributed by atoms with Gasteiger partial charge in [-0.05, 0) is 30.7 Å². The van der Waals surface area contributed by atoms with Gasteiger partial charge in [-0.15, -0.1) is 0 Å². The summed E-state index contributed by atoms with van der Waals surface area (Å²) in [5.74, 6) is 2.46. The smallest absolute Gasteiger partial charge is 0.161 e. The Balaban J connectivity index is 1.94. The first kappa shape index (κ1) is 13.5. The van der Waals surface area contributed by atoms with E-state index in [-0.39, 0.29) is 0 Å². The Morgan fingerprint density at radius 2 is 1.84 bits per heavy atom. The second-order valence-electron chi connectivity index (χ2n) is 4.29. The summed E-state index contributed by atoms with van der Waals surface area (Å²) in [6.45, 7) is 3.52. The van der Waals surface area contributed by atoms with Gasteiger partial charge in [-0.3, -0.25) is 0 Å². The summed E-state index contributed by atoms with van der Waals surface area (Å²) in [6.07, 6.45) is 1.71. The Labute approximate surface area is 113 Å². The number of hydrogen-bond acceptors (Lipinski definition) is 4. The third-order valence-electron chi connectivity index (χ3n) is 3.06. The summed E-state index contributed by atoms with van der Waals surface area (Å²) in [4.78, 5) is 0. The number of furan rings is 1. The summed E-state index contributed by atoms with van der Waals surface area (Å²) >= 11 is 0. The van der Waals surface area contributed by atoms with Gasteiger partial charge in [-0.25, -0.2) is 0 Å². The van der Waals surface area contributed by atoms with Gasteiger partial charge in [0.15, 0.2) is 11.5 Å². The molecule has 0 unspecified atom stereocenters. The van der Waals surface area contributed by atoms with E-state index in [0.29, 0.717) is 0 Å². The van der Waals surface area contributed by atoms with E-state index in [1.54, 1.807) is 20.5 Å². The lowest BCUT2D eigenvalue weighted by atomic mass is 10.2. The maximum Gasteiger partial charge on any atom is 0.161 e. The molecule has 0 saturated carbocycles. The molecule has 1 aromatic carbocycles. The molecule has 0 radical (unpaired) electrons. The molecule has 0 saturated heterocycles. The van der Waals surface area contributed by atoms with E-state index < -0.39 is 0 Å². The lowest BCUT2D eigenvalue weighted by Gasteiger charge is -2.10. The van der Waals surface area contributed by atoms with Crippen molar-refractivity contribution in [1.29, 1.82) is 0 Å². The molecule has 0 amide bonds. The van der Waals surface area contributed by atoms with Crippen molar-refractivity contribution in [1.82, 2.24) is 5.32 Å². The highest BCUT2D eigenvalue weighted by Crippen LogP contribution is 2.27. The molecular formula is C15H19NO3. The zero-order chi connectivity index (χ0) is 13.7. The average Bonchev–Trinajstić information content (AvgIpc) is 2.84. The van der Waals surface area contributed by atoms with Crippen molar-refractivity contribution in [2.24, 2.45) is 0 Å². The first-order valence-electron chi connectivity index (χ1n) is 6.19. The Kier molecular flexibility index (Phi) is 4.47. The third-order valence-corrected chi connectivity index (χ3v) is 3.06. The van der Waals surface area contributed by atoms with Crippen molar-refractivity contribution in [3.8, 4) is 11.5 Å². The lowest BCUT2D eigenvalue weighted by molar-refractivity contribution is 0.354. The van der Waals surface area contributed by atoms with Gasteiger partial charge in [0.05, 0.1) is 20.5 Å². The topological polar surface area (TPSA) is 43.6 Å². The van der Waals surface area contributed by atoms with Gasteiger partial charge < -0.3 is 19.2 Å². The minimum absolute atomic E-state index is 0.747. The van der Waals surface area contributed by atoms with Crippen LogP contribution in [0.5, 0.6) is 11.5 Å². The minimum atomic E-state index is 0.747. The third kappa shape index (κ3) is 3.29. The summed E-state index contributed by atoms with van der Waals surface area (Å²) in [5, 5.41) is 3.38. The van der Waals surface area contributed by atoms with Crippen molar-refractivity contribution < 1.29 is 13.9 Å². The molecule has 0 atom stereocenters. The summed E-state index contributed by atoms with van der Waals surface area (Å²) < 4.78 is 15.8. The van der Waals surface area contributed by atoms with Gasteiger partial charge >= 0.3 is 0 Å². The first-order valence-corrected chi connectivity index (χ1v) is 6.19. The molecule has 0 spiro atoms. The van der Waals surface area contributed by atoms with Gasteiger partial charge in [0.25, 0.3) is 0 Å². The molecule has 0 bridgehead atoms. The Hall–Kier alpha value is -1.94. The molecule has 2 aromatic rings. The highest BCUT2D eigenvalue weighted by Gasteiger charge is 2.05. The number of ether oxygens (including phenoxy) is 2. The maximum absolute atomic E-state index is 5.28. The van der Waals surface area contributed by atoms with Crippen LogP contribution in [0, 0.1) is 6.92 Å². The molecule has 0 aliphatic rings. The summed E-state index contributed by atoms with van der Waals surface area (Å²) in [6, 6.07) is 7.90. The SMILES string of the molecule is COc1ccc(CNCc2ccoc2C)cc1OC. The molecule has 4 nitrogen and oxygen atoms in total. The van der Waals surface area contributed by atoms with Crippen LogP contribution in [0.1, 0.15) is 16.9 Å². The second kappa shape index (κ2) is 6.29. The quantitative estimate of drug-likeness (QED) is 0.868. The van der Waals surface area contributed by atoms with Gasteiger partial charge in [0.2, 0.25) is 0 Å². The van der Waals surface area contributed by atoms with Gasteiger partial charge in [-0.1, -0.05) is 6.07 Å². The molecule has 19 heavy (non-hydrogen) atoms. The standard InChI is InChI=1S/C15H19NO3/c1-11-13(6-7-19-11)10-16-9-12-4-5-14(17-2)15(8-12)18-3/h4-8,16H,9-10H2,1-3H3. The predicted molar refractivity (Wildman–Crippen MR) is 73.5 cm³/mol. The normalized spacial score (nSPS) is 10.5. The van der Waals surface area contributed by atoms with Crippen LogP contribution in [0.15, 0.2) is 34.9 Å². The highest BCUT2D eigenvalue weighted by molar-refractivity contribution is 5.42. The van der Waals surface area contributed by atoms with Crippen molar-refractivity contribution in [3.63, 3.8) is 0 Å². The Morgan fingerprint density at radius 3 is 2.47 bits per heavy atom. The molecular weight excluding hydrogens is 242 g/mol. The molecule has 1 aromatic heterocycles. The van der Waals surface area contributed by atoms with E-state index in [1.807, 2.05) is 31.2 Å². The number of hydrogen-bond donors (Lipinski definition) is 1. The van der Waals surface area contributed by atoms with Crippen molar-refractivity contribution in [2.45, 2.75) is 20.0 Å². The highest BCUT2D eigenvalue weighted by atomic mass is 16.5. The van der Waals surface area contributed by atoms with E-state index >= 15 is 0 Å². The van der Waals surface area contributed by atoms with Crippen molar-refractivity contribution in [2.75, 3.05) is 14.2 Å². The molecule has 4 heteroatoms. The number of rotatable bonds is 6. The fraction of sp³-hybridized carbons (Fsp3) is 0.333. The fourth-order valence-corrected chi connectivity index (χ4v) is 1.93. The number of aryl methyl sites for hydroxylation is 1. The Morgan fingerprint density at radius 1 is 1.05 bits per heavy atom. The van der Waals surface area contributed by atoms with Crippen LogP contribution >= 0.6 is 0 Å². The Bertz CT molecular complexity index is 534. The van der Waals surface area contributed by atoms with Crippen LogP contribution in [-0.2, 0) is 13.1 Å². The largest absolute Gasteiger partial charge is 0.493 e. The summed E-state index contributed by atoms with van der Waals surface area (Å²) in [7, 11) is 3.28. The molecule has 0 fully saturated rings. The zero-order valence-electron chi connectivity index (χ0n) is 11.5. The molecule has 2 rings (SSSR count). The van der Waals surface area contributed by atoms with Crippen molar-refractivity contribution in [3.05, 3.63) is 47.4 Å². The molecule has 1 heterocycles. The number of nitrogens with one attached hydrogen (secondary N) is 1. The van der Waals surface area contributed by atoms with Gasteiger partial charge in [-0.2, -0.15) is 0 Å². The van der Waals surface area contributed by atoms with Crippen LogP contribution in [0.3, 0.4) is 0 Å². The van der Waals surface area contributed by atoms with E-state index in [1.165, 1.54) is 5.56 Å². The lowest BCUT2D eigenvalue weighted by Crippen LogP contribution is -2.12. The maximum atomic E-state index is 5.28. The van der Waals surface area contributed by atoms with E-state index in [0.717, 1.165) is 35.9 Å². The molecule has 102 valence electrons. The molecule has 0 aliphatic heterocycles. The fourth-order valence-electron chi connectivity index (χ4n) is 1.93. The average molecular weight is 261 g/mol. The van der Waals surface area contributed by atoms with Crippen LogP contribution in [0.2, 0.25) is 0 Å². The van der Waals surface area contributed by atoms with E-state index in [4.69, 9.17) is 13.9 Å². The molecule has 1 N–H and O–H groups in total. The molecule has 0 aliphatic carbocycles. The predicted octanol–water partition coefficient (Wildman–Crippen LogP) is 2.90. The van der Waals surface area contributed by atoms with Crippen LogP contribution in [0.25, 0.3) is 0 Å².